The van der Waals surface area contributed by atoms with Crippen LogP contribution in [0, 0.1) is 15.5 Å². The predicted molar refractivity (Wildman–Crippen MR) is 78.6 cm³/mol. The molecule has 0 spiro atoms. The zero-order valence-electron chi connectivity index (χ0n) is 12.0. The molecular formula is C16H15NO4. The number of nitro benzene ring substituents is 1. The molecule has 0 bridgehead atoms. The van der Waals surface area contributed by atoms with Crippen LogP contribution in [0.3, 0.4) is 0 Å². The molecule has 0 N–H and O–H groups in total. The van der Waals surface area contributed by atoms with Gasteiger partial charge in [0.25, 0.3) is 5.69 Å². The van der Waals surface area contributed by atoms with Gasteiger partial charge in [-0.1, -0.05) is 32.9 Å². The summed E-state index contributed by atoms with van der Waals surface area (Å²) >= 11 is 0. The molecule has 0 radical (unpaired) electrons. The second kappa shape index (κ2) is 5.09. The lowest BCUT2D eigenvalue weighted by molar-refractivity contribution is -0.384. The predicted octanol–water partition coefficient (Wildman–Crippen LogP) is 3.10. The quantitative estimate of drug-likeness (QED) is 0.362. The van der Waals surface area contributed by atoms with E-state index in [-0.39, 0.29) is 5.69 Å². The van der Waals surface area contributed by atoms with E-state index in [1.807, 2.05) is 20.8 Å². The van der Waals surface area contributed by atoms with Crippen molar-refractivity contribution >= 4 is 22.8 Å². The first-order valence-corrected chi connectivity index (χ1v) is 6.47. The van der Waals surface area contributed by atoms with Gasteiger partial charge in [0.2, 0.25) is 11.6 Å². The summed E-state index contributed by atoms with van der Waals surface area (Å²) in [5.41, 5.74) is 0.965. The van der Waals surface area contributed by atoms with E-state index in [1.54, 1.807) is 18.2 Å². The van der Waals surface area contributed by atoms with Gasteiger partial charge < -0.3 is 0 Å². The minimum Gasteiger partial charge on any atom is -0.286 e. The summed E-state index contributed by atoms with van der Waals surface area (Å²) in [6, 6.07) is 6.01. The van der Waals surface area contributed by atoms with Crippen molar-refractivity contribution in [2.45, 2.75) is 20.8 Å². The average molecular weight is 285 g/mol. The van der Waals surface area contributed by atoms with Crippen LogP contribution in [0.4, 0.5) is 5.69 Å². The smallest absolute Gasteiger partial charge is 0.270 e. The molecule has 21 heavy (non-hydrogen) atoms. The highest BCUT2D eigenvalue weighted by Gasteiger charge is 2.31. The van der Waals surface area contributed by atoms with E-state index in [1.165, 1.54) is 18.2 Å². The fourth-order valence-corrected chi connectivity index (χ4v) is 2.13. The van der Waals surface area contributed by atoms with Crippen LogP contribution < -0.4 is 0 Å². The molecule has 0 amide bonds. The molecule has 108 valence electrons. The molecule has 0 saturated heterocycles. The number of hydrogen-bond donors (Lipinski definition) is 0. The molecule has 0 atom stereocenters. The summed E-state index contributed by atoms with van der Waals surface area (Å²) in [4.78, 5) is 34.1. The number of nitrogens with zero attached hydrogens (tertiary/aromatic N) is 1. The standard InChI is InChI=1S/C16H15NO4/c1-16(2,3)13-8-11(9-14(18)15(13)19)10-5-4-6-12(7-10)17(20)21/h4-9H,1-3H3. The number of carbonyl (C=O) groups excluding carboxylic acids is 2. The SMILES string of the molecule is CC(C)(C)C1=CC(c2cccc([N+](=O)[O-])c2)=CC(=O)C1=O. The zero-order valence-corrected chi connectivity index (χ0v) is 12.0. The van der Waals surface area contributed by atoms with E-state index in [0.29, 0.717) is 16.7 Å². The molecule has 5 heteroatoms. The van der Waals surface area contributed by atoms with Crippen molar-refractivity contribution in [3.63, 3.8) is 0 Å². The van der Waals surface area contributed by atoms with Gasteiger partial charge in [-0.25, -0.2) is 0 Å². The van der Waals surface area contributed by atoms with Gasteiger partial charge in [0.15, 0.2) is 0 Å². The molecule has 0 saturated carbocycles. The molecule has 0 fully saturated rings. The van der Waals surface area contributed by atoms with Crippen LogP contribution in [0.1, 0.15) is 26.3 Å². The first kappa shape index (κ1) is 14.8. The Morgan fingerprint density at radius 2 is 1.76 bits per heavy atom. The van der Waals surface area contributed by atoms with Crippen LogP contribution in [0.5, 0.6) is 0 Å². The highest BCUT2D eigenvalue weighted by molar-refractivity contribution is 6.50. The number of hydrogen-bond acceptors (Lipinski definition) is 4. The lowest BCUT2D eigenvalue weighted by Gasteiger charge is -2.24. The molecule has 0 aromatic heterocycles. The molecule has 0 aliphatic heterocycles. The lowest BCUT2D eigenvalue weighted by Crippen LogP contribution is -2.26. The van der Waals surface area contributed by atoms with Gasteiger partial charge in [-0.05, 0) is 28.7 Å². The maximum atomic E-state index is 12.0. The summed E-state index contributed by atoms with van der Waals surface area (Å²) in [7, 11) is 0. The Bertz CT molecular complexity index is 705. The number of nitro groups is 1. The van der Waals surface area contributed by atoms with Crippen LogP contribution in [-0.2, 0) is 9.59 Å². The van der Waals surface area contributed by atoms with E-state index in [2.05, 4.69) is 0 Å². The number of Topliss-reactive ketones (excluding diaryl/α,β-unsaturated/α-hetero) is 1. The van der Waals surface area contributed by atoms with Crippen molar-refractivity contribution in [1.82, 2.24) is 0 Å². The first-order valence-electron chi connectivity index (χ1n) is 6.47. The summed E-state index contributed by atoms with van der Waals surface area (Å²) in [5.74, 6) is -1.11. The van der Waals surface area contributed by atoms with Crippen molar-refractivity contribution in [2.75, 3.05) is 0 Å². The van der Waals surface area contributed by atoms with Gasteiger partial charge in [0.05, 0.1) is 4.92 Å². The minimum absolute atomic E-state index is 0.0524. The largest absolute Gasteiger partial charge is 0.286 e. The van der Waals surface area contributed by atoms with Crippen LogP contribution in [0.25, 0.3) is 5.57 Å². The van der Waals surface area contributed by atoms with E-state index in [0.717, 1.165) is 0 Å². The third-order valence-electron chi connectivity index (χ3n) is 3.25. The Morgan fingerprint density at radius 1 is 1.10 bits per heavy atom. The Labute approximate surface area is 122 Å². The van der Waals surface area contributed by atoms with Crippen LogP contribution in [0.15, 0.2) is 42.0 Å². The van der Waals surface area contributed by atoms with Crippen molar-refractivity contribution in [1.29, 1.82) is 0 Å². The monoisotopic (exact) mass is 285 g/mol. The number of allylic oxidation sites excluding steroid dienone is 4. The van der Waals surface area contributed by atoms with Gasteiger partial charge in [-0.15, -0.1) is 0 Å². The second-order valence-electron chi connectivity index (χ2n) is 5.91. The molecule has 1 aromatic rings. The van der Waals surface area contributed by atoms with Crippen LogP contribution >= 0.6 is 0 Å². The molecule has 2 rings (SSSR count). The molecule has 5 nitrogen and oxygen atoms in total. The fourth-order valence-electron chi connectivity index (χ4n) is 2.13. The number of rotatable bonds is 2. The Kier molecular flexibility index (Phi) is 3.60. The Morgan fingerprint density at radius 3 is 2.33 bits per heavy atom. The highest BCUT2D eigenvalue weighted by atomic mass is 16.6. The average Bonchev–Trinajstić information content (AvgIpc) is 2.40. The van der Waals surface area contributed by atoms with Crippen LogP contribution in [0.2, 0.25) is 0 Å². The Hall–Kier alpha value is -2.56. The third kappa shape index (κ3) is 2.97. The maximum Gasteiger partial charge on any atom is 0.270 e. The number of carbonyl (C=O) groups is 2. The number of ketones is 2. The Balaban J connectivity index is 2.54. The topological polar surface area (TPSA) is 77.3 Å². The van der Waals surface area contributed by atoms with Crippen molar-refractivity contribution in [2.24, 2.45) is 5.41 Å². The summed E-state index contributed by atoms with van der Waals surface area (Å²) in [6.07, 6.45) is 2.87. The number of benzene rings is 1. The van der Waals surface area contributed by atoms with Crippen molar-refractivity contribution < 1.29 is 14.5 Å². The van der Waals surface area contributed by atoms with Gasteiger partial charge >= 0.3 is 0 Å². The normalized spacial score (nSPS) is 15.6. The highest BCUT2D eigenvalue weighted by Crippen LogP contribution is 2.33. The molecule has 0 heterocycles. The van der Waals surface area contributed by atoms with Crippen molar-refractivity contribution in [3.8, 4) is 0 Å². The fraction of sp³-hybridized carbons (Fsp3) is 0.250. The zero-order chi connectivity index (χ0) is 15.8. The lowest BCUT2D eigenvalue weighted by atomic mass is 9.78. The molecule has 1 aromatic carbocycles. The third-order valence-corrected chi connectivity index (χ3v) is 3.25. The maximum absolute atomic E-state index is 12.0. The second-order valence-corrected chi connectivity index (χ2v) is 5.91. The molecule has 0 unspecified atom stereocenters. The van der Waals surface area contributed by atoms with Gasteiger partial charge in [0.1, 0.15) is 0 Å². The van der Waals surface area contributed by atoms with E-state index in [9.17, 15) is 19.7 Å². The minimum atomic E-state index is -0.594. The first-order chi connectivity index (χ1) is 9.70. The van der Waals surface area contributed by atoms with Gasteiger partial charge in [0, 0.05) is 17.7 Å². The van der Waals surface area contributed by atoms with E-state index in [4.69, 9.17) is 0 Å². The van der Waals surface area contributed by atoms with Gasteiger partial charge in [-0.3, -0.25) is 19.7 Å². The molecule has 1 aliphatic rings. The summed E-state index contributed by atoms with van der Waals surface area (Å²) in [6.45, 7) is 5.54. The molecular weight excluding hydrogens is 270 g/mol. The van der Waals surface area contributed by atoms with Crippen LogP contribution in [-0.4, -0.2) is 16.5 Å². The summed E-state index contributed by atoms with van der Waals surface area (Å²) < 4.78 is 0. The molecule has 1 aliphatic carbocycles. The van der Waals surface area contributed by atoms with Gasteiger partial charge in [-0.2, -0.15) is 0 Å². The number of non-ortho nitro benzene ring substituents is 1. The van der Waals surface area contributed by atoms with Crippen molar-refractivity contribution in [3.05, 3.63) is 57.7 Å². The van der Waals surface area contributed by atoms with E-state index < -0.39 is 21.9 Å². The van der Waals surface area contributed by atoms with E-state index >= 15 is 0 Å². The summed E-state index contributed by atoms with van der Waals surface area (Å²) in [5, 5.41) is 10.8.